The summed E-state index contributed by atoms with van der Waals surface area (Å²) in [6.45, 7) is 1.96. The average Bonchev–Trinajstić information content (AvgIpc) is 2.72. The van der Waals surface area contributed by atoms with Crippen LogP contribution in [0, 0.1) is 5.92 Å². The van der Waals surface area contributed by atoms with Crippen molar-refractivity contribution in [2.45, 2.75) is 12.8 Å². The molecule has 0 bridgehead atoms. The number of hydrogen-bond donors (Lipinski definition) is 2. The summed E-state index contributed by atoms with van der Waals surface area (Å²) in [6.07, 6.45) is 1.61. The van der Waals surface area contributed by atoms with E-state index < -0.39 is 0 Å². The van der Waals surface area contributed by atoms with Crippen molar-refractivity contribution < 1.29 is 14.3 Å². The highest BCUT2D eigenvalue weighted by Gasteiger charge is 2.28. The summed E-state index contributed by atoms with van der Waals surface area (Å²) >= 11 is 0. The number of amides is 3. The third kappa shape index (κ3) is 5.74. The molecule has 1 aliphatic rings. The second-order valence-electron chi connectivity index (χ2n) is 6.53. The number of nitrogens with one attached hydrogen (secondary N) is 2. The summed E-state index contributed by atoms with van der Waals surface area (Å²) in [6, 6.07) is 18.7. The highest BCUT2D eigenvalue weighted by Crippen LogP contribution is 2.18. The number of rotatable bonds is 6. The van der Waals surface area contributed by atoms with Crippen molar-refractivity contribution in [3.63, 3.8) is 0 Å². The minimum Gasteiger partial charge on any atom is -0.492 e. The van der Waals surface area contributed by atoms with E-state index in [9.17, 15) is 9.59 Å². The molecule has 27 heavy (non-hydrogen) atoms. The van der Waals surface area contributed by atoms with Crippen molar-refractivity contribution in [2.24, 2.45) is 5.92 Å². The molecule has 6 heteroatoms. The lowest BCUT2D eigenvalue weighted by molar-refractivity contribution is -0.126. The van der Waals surface area contributed by atoms with Crippen LogP contribution >= 0.6 is 0 Å². The van der Waals surface area contributed by atoms with Gasteiger partial charge in [0.2, 0.25) is 5.91 Å². The summed E-state index contributed by atoms with van der Waals surface area (Å²) in [5.74, 6) is 0.578. The Hall–Kier alpha value is -3.02. The number of carbonyl (C=O) groups is 2. The molecule has 0 radical (unpaired) electrons. The zero-order chi connectivity index (χ0) is 18.9. The van der Waals surface area contributed by atoms with Gasteiger partial charge < -0.3 is 20.3 Å². The summed E-state index contributed by atoms with van der Waals surface area (Å²) < 4.78 is 5.58. The molecule has 1 unspecified atom stereocenters. The summed E-state index contributed by atoms with van der Waals surface area (Å²) in [4.78, 5) is 26.5. The molecule has 0 aliphatic carbocycles. The van der Waals surface area contributed by atoms with Crippen LogP contribution in [0.25, 0.3) is 0 Å². The lowest BCUT2D eigenvalue weighted by Gasteiger charge is -2.32. The first kappa shape index (κ1) is 18.8. The van der Waals surface area contributed by atoms with Crippen LogP contribution in [0.15, 0.2) is 60.7 Å². The fraction of sp³-hybridized carbons (Fsp3) is 0.333. The number of benzene rings is 2. The van der Waals surface area contributed by atoms with Gasteiger partial charge in [0, 0.05) is 18.8 Å². The van der Waals surface area contributed by atoms with Gasteiger partial charge in [0.25, 0.3) is 0 Å². The quantitative estimate of drug-likeness (QED) is 0.771. The Labute approximate surface area is 159 Å². The Morgan fingerprint density at radius 3 is 2.48 bits per heavy atom. The van der Waals surface area contributed by atoms with E-state index in [0.29, 0.717) is 26.2 Å². The molecule has 1 atom stereocenters. The number of urea groups is 1. The maximum absolute atomic E-state index is 12.4. The molecular formula is C21H25N3O3. The number of anilines is 1. The predicted octanol–water partition coefficient (Wildman–Crippen LogP) is 3.13. The molecule has 0 aromatic heterocycles. The van der Waals surface area contributed by atoms with E-state index in [1.54, 1.807) is 4.90 Å². The zero-order valence-corrected chi connectivity index (χ0v) is 15.3. The molecule has 3 rings (SSSR count). The zero-order valence-electron chi connectivity index (χ0n) is 15.3. The molecule has 3 amide bonds. The van der Waals surface area contributed by atoms with Gasteiger partial charge in [-0.25, -0.2) is 4.79 Å². The maximum Gasteiger partial charge on any atom is 0.321 e. The largest absolute Gasteiger partial charge is 0.492 e. The summed E-state index contributed by atoms with van der Waals surface area (Å²) in [5.41, 5.74) is 0.757. The van der Waals surface area contributed by atoms with Crippen LogP contribution < -0.4 is 15.4 Å². The molecule has 1 aliphatic heterocycles. The Balaban J connectivity index is 1.41. The molecule has 2 aromatic carbocycles. The van der Waals surface area contributed by atoms with Gasteiger partial charge in [-0.1, -0.05) is 36.4 Å². The van der Waals surface area contributed by atoms with E-state index in [4.69, 9.17) is 4.74 Å². The monoisotopic (exact) mass is 367 g/mol. The van der Waals surface area contributed by atoms with Gasteiger partial charge in [-0.15, -0.1) is 0 Å². The first-order chi connectivity index (χ1) is 13.2. The van der Waals surface area contributed by atoms with Crippen molar-refractivity contribution in [2.75, 3.05) is 31.6 Å². The second kappa shape index (κ2) is 9.62. The number of piperidine rings is 1. The van der Waals surface area contributed by atoms with E-state index in [1.807, 2.05) is 60.7 Å². The van der Waals surface area contributed by atoms with Gasteiger partial charge in [-0.3, -0.25) is 4.79 Å². The summed E-state index contributed by atoms with van der Waals surface area (Å²) in [7, 11) is 0. The molecule has 1 fully saturated rings. The molecule has 2 aromatic rings. The van der Waals surface area contributed by atoms with Crippen LogP contribution in [-0.2, 0) is 4.79 Å². The minimum absolute atomic E-state index is 0.0242. The Kier molecular flexibility index (Phi) is 6.68. The third-order valence-electron chi connectivity index (χ3n) is 4.52. The van der Waals surface area contributed by atoms with E-state index in [0.717, 1.165) is 24.3 Å². The number of para-hydroxylation sites is 2. The number of likely N-dealkylation sites (tertiary alicyclic amines) is 1. The lowest BCUT2D eigenvalue weighted by atomic mass is 9.97. The number of hydrogen-bond acceptors (Lipinski definition) is 3. The van der Waals surface area contributed by atoms with Gasteiger partial charge in [-0.2, -0.15) is 0 Å². The van der Waals surface area contributed by atoms with Gasteiger partial charge in [0.15, 0.2) is 0 Å². The molecule has 1 saturated heterocycles. The Bertz CT molecular complexity index is 737. The number of ether oxygens (including phenoxy) is 1. The molecule has 0 saturated carbocycles. The highest BCUT2D eigenvalue weighted by molar-refractivity contribution is 5.90. The second-order valence-corrected chi connectivity index (χ2v) is 6.53. The van der Waals surface area contributed by atoms with E-state index >= 15 is 0 Å². The van der Waals surface area contributed by atoms with Crippen molar-refractivity contribution in [1.29, 1.82) is 0 Å². The van der Waals surface area contributed by atoms with Crippen molar-refractivity contribution >= 4 is 17.6 Å². The molecule has 1 heterocycles. The first-order valence-electron chi connectivity index (χ1n) is 9.29. The first-order valence-corrected chi connectivity index (χ1v) is 9.29. The average molecular weight is 367 g/mol. The molecule has 0 spiro atoms. The highest BCUT2D eigenvalue weighted by atomic mass is 16.5. The molecular weight excluding hydrogens is 342 g/mol. The van der Waals surface area contributed by atoms with E-state index in [1.165, 1.54) is 0 Å². The third-order valence-corrected chi connectivity index (χ3v) is 4.52. The fourth-order valence-electron chi connectivity index (χ4n) is 3.10. The van der Waals surface area contributed by atoms with Crippen molar-refractivity contribution in [3.05, 3.63) is 60.7 Å². The standard InChI is InChI=1S/C21H25N3O3/c25-20(22-13-15-27-19-11-5-2-6-12-19)17-8-7-14-24(16-17)21(26)23-18-9-3-1-4-10-18/h1-6,9-12,17H,7-8,13-16H2,(H,22,25)(H,23,26). The van der Waals surface area contributed by atoms with Crippen LogP contribution in [0.4, 0.5) is 10.5 Å². The van der Waals surface area contributed by atoms with Crippen LogP contribution in [0.2, 0.25) is 0 Å². The van der Waals surface area contributed by atoms with Crippen LogP contribution in [-0.4, -0.2) is 43.1 Å². The molecule has 6 nitrogen and oxygen atoms in total. The molecule has 2 N–H and O–H groups in total. The van der Waals surface area contributed by atoms with Crippen molar-refractivity contribution in [1.82, 2.24) is 10.2 Å². The Morgan fingerprint density at radius 2 is 1.74 bits per heavy atom. The minimum atomic E-state index is -0.183. The SMILES string of the molecule is O=C(NCCOc1ccccc1)C1CCCN(C(=O)Nc2ccccc2)C1. The van der Waals surface area contributed by atoms with Gasteiger partial charge in [-0.05, 0) is 37.1 Å². The van der Waals surface area contributed by atoms with E-state index in [-0.39, 0.29) is 17.9 Å². The fourth-order valence-corrected chi connectivity index (χ4v) is 3.10. The maximum atomic E-state index is 12.4. The smallest absolute Gasteiger partial charge is 0.321 e. The van der Waals surface area contributed by atoms with Gasteiger partial charge >= 0.3 is 6.03 Å². The van der Waals surface area contributed by atoms with Crippen LogP contribution in [0.1, 0.15) is 12.8 Å². The summed E-state index contributed by atoms with van der Waals surface area (Å²) in [5, 5.41) is 5.79. The van der Waals surface area contributed by atoms with Gasteiger partial charge in [0.05, 0.1) is 12.5 Å². The van der Waals surface area contributed by atoms with Crippen LogP contribution in [0.5, 0.6) is 5.75 Å². The normalized spacial score (nSPS) is 16.4. The predicted molar refractivity (Wildman–Crippen MR) is 105 cm³/mol. The Morgan fingerprint density at radius 1 is 1.04 bits per heavy atom. The number of nitrogens with zero attached hydrogens (tertiary/aromatic N) is 1. The van der Waals surface area contributed by atoms with Crippen LogP contribution in [0.3, 0.4) is 0 Å². The van der Waals surface area contributed by atoms with Crippen molar-refractivity contribution in [3.8, 4) is 5.75 Å². The topological polar surface area (TPSA) is 70.7 Å². The number of carbonyl (C=O) groups excluding carboxylic acids is 2. The van der Waals surface area contributed by atoms with Gasteiger partial charge in [0.1, 0.15) is 12.4 Å². The lowest BCUT2D eigenvalue weighted by Crippen LogP contribution is -2.47. The van der Waals surface area contributed by atoms with E-state index in [2.05, 4.69) is 10.6 Å². The molecule has 142 valence electrons.